The summed E-state index contributed by atoms with van der Waals surface area (Å²) in [6.07, 6.45) is 2.82. The highest BCUT2D eigenvalue weighted by Crippen LogP contribution is 2.12. The second kappa shape index (κ2) is 4.56. The molecule has 0 unspecified atom stereocenters. The van der Waals surface area contributed by atoms with E-state index >= 15 is 0 Å². The van der Waals surface area contributed by atoms with E-state index in [9.17, 15) is 13.2 Å². The molecule has 0 atom stereocenters. The predicted molar refractivity (Wildman–Crippen MR) is 53.5 cm³/mol. The zero-order valence-corrected chi connectivity index (χ0v) is 9.26. The van der Waals surface area contributed by atoms with E-state index in [4.69, 9.17) is 4.55 Å². The van der Waals surface area contributed by atoms with E-state index < -0.39 is 14.9 Å². The fraction of sp³-hybridized carbons (Fsp3) is 0.625. The molecule has 0 aliphatic carbocycles. The Morgan fingerprint density at radius 2 is 2.00 bits per heavy atom. The SMILES string of the molecule is CC=CC(=O)NCC(C)(C)S(=O)(=O)O. The highest BCUT2D eigenvalue weighted by atomic mass is 32.2. The maximum atomic E-state index is 10.9. The Balaban J connectivity index is 4.34. The van der Waals surface area contributed by atoms with Gasteiger partial charge >= 0.3 is 0 Å². The molecule has 14 heavy (non-hydrogen) atoms. The van der Waals surface area contributed by atoms with Gasteiger partial charge in [0.25, 0.3) is 10.1 Å². The zero-order valence-electron chi connectivity index (χ0n) is 8.44. The molecule has 0 saturated heterocycles. The Hall–Kier alpha value is -0.880. The third-order valence-electron chi connectivity index (χ3n) is 1.70. The van der Waals surface area contributed by atoms with Gasteiger partial charge in [-0.05, 0) is 26.8 Å². The van der Waals surface area contributed by atoms with Crippen molar-refractivity contribution in [1.82, 2.24) is 5.32 Å². The lowest BCUT2D eigenvalue weighted by molar-refractivity contribution is -0.116. The summed E-state index contributed by atoms with van der Waals surface area (Å²) >= 11 is 0. The molecule has 0 radical (unpaired) electrons. The van der Waals surface area contributed by atoms with Crippen molar-refractivity contribution in [3.8, 4) is 0 Å². The van der Waals surface area contributed by atoms with Crippen LogP contribution in [0, 0.1) is 0 Å². The first-order valence-electron chi connectivity index (χ1n) is 4.08. The molecule has 0 aromatic heterocycles. The first kappa shape index (κ1) is 13.1. The van der Waals surface area contributed by atoms with Crippen LogP contribution in [0.5, 0.6) is 0 Å². The molecule has 0 fully saturated rings. The molecule has 0 aromatic rings. The van der Waals surface area contributed by atoms with Crippen LogP contribution in [0.1, 0.15) is 20.8 Å². The zero-order chi connectivity index (χ0) is 11.4. The molecule has 0 saturated carbocycles. The van der Waals surface area contributed by atoms with Crippen molar-refractivity contribution in [2.75, 3.05) is 6.54 Å². The van der Waals surface area contributed by atoms with Gasteiger partial charge in [0.1, 0.15) is 4.75 Å². The summed E-state index contributed by atoms with van der Waals surface area (Å²) in [5.41, 5.74) is 0. The Morgan fingerprint density at radius 3 is 2.36 bits per heavy atom. The summed E-state index contributed by atoms with van der Waals surface area (Å²) in [5, 5.41) is 2.37. The molecule has 0 aliphatic heterocycles. The lowest BCUT2D eigenvalue weighted by Gasteiger charge is -2.20. The number of nitrogens with one attached hydrogen (secondary N) is 1. The smallest absolute Gasteiger partial charge is 0.271 e. The van der Waals surface area contributed by atoms with E-state index in [1.807, 2.05) is 0 Å². The van der Waals surface area contributed by atoms with Gasteiger partial charge in [-0.3, -0.25) is 9.35 Å². The van der Waals surface area contributed by atoms with Gasteiger partial charge in [-0.2, -0.15) is 8.42 Å². The largest absolute Gasteiger partial charge is 0.351 e. The summed E-state index contributed by atoms with van der Waals surface area (Å²) in [6, 6.07) is 0. The summed E-state index contributed by atoms with van der Waals surface area (Å²) in [6.45, 7) is 4.21. The number of allylic oxidation sites excluding steroid dienone is 1. The van der Waals surface area contributed by atoms with Gasteiger partial charge in [-0.15, -0.1) is 0 Å². The summed E-state index contributed by atoms with van der Waals surface area (Å²) in [7, 11) is -4.15. The topological polar surface area (TPSA) is 83.5 Å². The van der Waals surface area contributed by atoms with E-state index in [1.165, 1.54) is 26.0 Å². The number of hydrogen-bond acceptors (Lipinski definition) is 3. The molecule has 0 spiro atoms. The molecule has 6 heteroatoms. The number of carbonyl (C=O) groups excluding carboxylic acids is 1. The summed E-state index contributed by atoms with van der Waals surface area (Å²) in [4.78, 5) is 10.9. The maximum absolute atomic E-state index is 10.9. The van der Waals surface area contributed by atoms with E-state index in [0.717, 1.165) is 0 Å². The van der Waals surface area contributed by atoms with E-state index in [1.54, 1.807) is 6.92 Å². The van der Waals surface area contributed by atoms with Crippen LogP contribution >= 0.6 is 0 Å². The van der Waals surface area contributed by atoms with Crippen molar-refractivity contribution >= 4 is 16.0 Å². The predicted octanol–water partition coefficient (Wildman–Crippen LogP) is 0.345. The lowest BCUT2D eigenvalue weighted by atomic mass is 10.2. The van der Waals surface area contributed by atoms with Gasteiger partial charge in [-0.1, -0.05) is 6.08 Å². The van der Waals surface area contributed by atoms with Crippen LogP contribution in [0.25, 0.3) is 0 Å². The van der Waals surface area contributed by atoms with Gasteiger partial charge in [0.15, 0.2) is 0 Å². The normalized spacial score (nSPS) is 13.1. The van der Waals surface area contributed by atoms with E-state index in [-0.39, 0.29) is 12.5 Å². The fourth-order valence-electron chi connectivity index (χ4n) is 0.601. The van der Waals surface area contributed by atoms with Crippen LogP contribution in [0.2, 0.25) is 0 Å². The molecular formula is C8H15NO4S. The van der Waals surface area contributed by atoms with E-state index in [2.05, 4.69) is 5.32 Å². The minimum atomic E-state index is -4.15. The minimum Gasteiger partial charge on any atom is -0.351 e. The number of amides is 1. The maximum Gasteiger partial charge on any atom is 0.271 e. The van der Waals surface area contributed by atoms with Crippen molar-refractivity contribution in [3.05, 3.63) is 12.2 Å². The third-order valence-corrected chi connectivity index (χ3v) is 3.25. The second-order valence-corrected chi connectivity index (χ2v) is 5.51. The average molecular weight is 221 g/mol. The highest BCUT2D eigenvalue weighted by molar-refractivity contribution is 7.87. The Morgan fingerprint density at radius 1 is 1.50 bits per heavy atom. The van der Waals surface area contributed by atoms with Gasteiger partial charge in [0.05, 0.1) is 0 Å². The standard InChI is InChI=1S/C8H15NO4S/c1-4-5-7(10)9-6-8(2,3)14(11,12)13/h4-5H,6H2,1-3H3,(H,9,10)(H,11,12,13). The molecule has 82 valence electrons. The van der Waals surface area contributed by atoms with Crippen LogP contribution in [0.3, 0.4) is 0 Å². The van der Waals surface area contributed by atoms with Crippen molar-refractivity contribution in [2.45, 2.75) is 25.5 Å². The van der Waals surface area contributed by atoms with Crippen molar-refractivity contribution < 1.29 is 17.8 Å². The average Bonchev–Trinajstić information content (AvgIpc) is 1.99. The number of rotatable bonds is 4. The summed E-state index contributed by atoms with van der Waals surface area (Å²) < 4.78 is 29.0. The molecule has 1 amide bonds. The minimum absolute atomic E-state index is 0.130. The number of hydrogen-bond donors (Lipinski definition) is 2. The fourth-order valence-corrected chi connectivity index (χ4v) is 0.856. The van der Waals surface area contributed by atoms with Crippen LogP contribution in [0.15, 0.2) is 12.2 Å². The van der Waals surface area contributed by atoms with Crippen molar-refractivity contribution in [1.29, 1.82) is 0 Å². The van der Waals surface area contributed by atoms with E-state index in [0.29, 0.717) is 0 Å². The van der Waals surface area contributed by atoms with Crippen LogP contribution in [-0.4, -0.2) is 30.2 Å². The molecular weight excluding hydrogens is 206 g/mol. The number of carbonyl (C=O) groups is 1. The quantitative estimate of drug-likeness (QED) is 0.530. The molecule has 5 nitrogen and oxygen atoms in total. The van der Waals surface area contributed by atoms with Gasteiger partial charge in [0, 0.05) is 6.54 Å². The highest BCUT2D eigenvalue weighted by Gasteiger charge is 2.32. The van der Waals surface area contributed by atoms with Crippen LogP contribution < -0.4 is 5.32 Å². The van der Waals surface area contributed by atoms with Crippen LogP contribution in [0.4, 0.5) is 0 Å². The monoisotopic (exact) mass is 221 g/mol. The van der Waals surface area contributed by atoms with Gasteiger partial charge in [0.2, 0.25) is 5.91 Å². The lowest BCUT2D eigenvalue weighted by Crippen LogP contribution is -2.43. The molecule has 2 N–H and O–H groups in total. The van der Waals surface area contributed by atoms with Gasteiger partial charge < -0.3 is 5.32 Å². The van der Waals surface area contributed by atoms with Crippen LogP contribution in [-0.2, 0) is 14.9 Å². The van der Waals surface area contributed by atoms with Crippen molar-refractivity contribution in [3.63, 3.8) is 0 Å². The molecule has 0 bridgehead atoms. The molecule has 0 rings (SSSR count). The first-order valence-corrected chi connectivity index (χ1v) is 5.52. The third kappa shape index (κ3) is 3.89. The molecule has 0 aliphatic rings. The first-order chi connectivity index (χ1) is 6.20. The second-order valence-electron chi connectivity index (χ2n) is 3.45. The Labute approximate surface area is 83.9 Å². The van der Waals surface area contributed by atoms with Crippen molar-refractivity contribution in [2.24, 2.45) is 0 Å². The Kier molecular flexibility index (Phi) is 4.28. The molecule has 0 heterocycles. The molecule has 0 aromatic carbocycles. The Bertz CT molecular complexity index is 329. The van der Waals surface area contributed by atoms with Gasteiger partial charge in [-0.25, -0.2) is 0 Å². The summed E-state index contributed by atoms with van der Waals surface area (Å²) in [5.74, 6) is -0.385.